The topological polar surface area (TPSA) is 72.5 Å². The number of aryl methyl sites for hydroxylation is 3. The van der Waals surface area contributed by atoms with Crippen LogP contribution >= 0.6 is 0 Å². The first-order chi connectivity index (χ1) is 11.2. The molecule has 0 atom stereocenters. The number of rotatable bonds is 5. The number of anilines is 1. The van der Waals surface area contributed by atoms with Crippen LogP contribution in [0.2, 0.25) is 0 Å². The molecule has 1 N–H and O–H groups in total. The zero-order chi connectivity index (χ0) is 17.9. The highest BCUT2D eigenvalue weighted by atomic mass is 32.2. The minimum Gasteiger partial charge on any atom is -0.465 e. The van der Waals surface area contributed by atoms with Gasteiger partial charge in [-0.1, -0.05) is 29.8 Å². The lowest BCUT2D eigenvalue weighted by Gasteiger charge is -2.14. The van der Waals surface area contributed by atoms with Gasteiger partial charge in [0.15, 0.2) is 0 Å². The maximum Gasteiger partial charge on any atom is 0.337 e. The van der Waals surface area contributed by atoms with E-state index in [4.69, 9.17) is 0 Å². The van der Waals surface area contributed by atoms with Gasteiger partial charge in [0, 0.05) is 0 Å². The van der Waals surface area contributed by atoms with Crippen molar-refractivity contribution in [3.8, 4) is 0 Å². The molecule has 0 aromatic heterocycles. The van der Waals surface area contributed by atoms with Crippen molar-refractivity contribution in [2.75, 3.05) is 11.8 Å². The van der Waals surface area contributed by atoms with Gasteiger partial charge in [-0.3, -0.25) is 4.72 Å². The molecular weight excluding hydrogens is 326 g/mol. The molecule has 0 spiro atoms. The molecule has 5 nitrogen and oxygen atoms in total. The van der Waals surface area contributed by atoms with Crippen LogP contribution in [-0.4, -0.2) is 21.5 Å². The van der Waals surface area contributed by atoms with Crippen LogP contribution in [0.15, 0.2) is 36.4 Å². The van der Waals surface area contributed by atoms with Crippen LogP contribution in [0.1, 0.15) is 32.6 Å². The van der Waals surface area contributed by atoms with Crippen molar-refractivity contribution in [1.29, 1.82) is 0 Å². The number of hydrogen-bond donors (Lipinski definition) is 1. The second kappa shape index (κ2) is 7.05. The third kappa shape index (κ3) is 4.35. The fraction of sp³-hybridized carbons (Fsp3) is 0.278. The molecule has 0 amide bonds. The van der Waals surface area contributed by atoms with Crippen LogP contribution in [0.3, 0.4) is 0 Å². The summed E-state index contributed by atoms with van der Waals surface area (Å²) in [5, 5.41) is 0. The van der Waals surface area contributed by atoms with E-state index >= 15 is 0 Å². The van der Waals surface area contributed by atoms with Crippen LogP contribution in [-0.2, 0) is 20.5 Å². The number of methoxy groups -OCH3 is 1. The average Bonchev–Trinajstić information content (AvgIpc) is 2.50. The normalized spacial score (nSPS) is 11.2. The Hall–Kier alpha value is -2.34. The van der Waals surface area contributed by atoms with Crippen molar-refractivity contribution in [1.82, 2.24) is 0 Å². The molecule has 0 fully saturated rings. The molecule has 0 aliphatic rings. The highest BCUT2D eigenvalue weighted by Gasteiger charge is 2.15. The van der Waals surface area contributed by atoms with Gasteiger partial charge in [0.2, 0.25) is 10.0 Å². The van der Waals surface area contributed by atoms with Crippen molar-refractivity contribution in [2.24, 2.45) is 0 Å². The van der Waals surface area contributed by atoms with Gasteiger partial charge >= 0.3 is 5.97 Å². The predicted octanol–water partition coefficient (Wildman–Crippen LogP) is 3.34. The molecule has 2 aromatic rings. The van der Waals surface area contributed by atoms with Gasteiger partial charge in [-0.05, 0) is 49.6 Å². The molecule has 24 heavy (non-hydrogen) atoms. The number of sulfonamides is 1. The summed E-state index contributed by atoms with van der Waals surface area (Å²) < 4.78 is 32.1. The van der Waals surface area contributed by atoms with Crippen LogP contribution in [0.5, 0.6) is 0 Å². The average molecular weight is 347 g/mol. The summed E-state index contributed by atoms with van der Waals surface area (Å²) in [5.41, 5.74) is 4.46. The van der Waals surface area contributed by atoms with E-state index in [1.165, 1.54) is 7.11 Å². The van der Waals surface area contributed by atoms with Crippen molar-refractivity contribution in [2.45, 2.75) is 26.5 Å². The van der Waals surface area contributed by atoms with Crippen LogP contribution in [0.25, 0.3) is 0 Å². The van der Waals surface area contributed by atoms with E-state index in [2.05, 4.69) is 9.46 Å². The van der Waals surface area contributed by atoms with E-state index in [1.807, 2.05) is 32.9 Å². The SMILES string of the molecule is COC(=O)c1ccc(CS(=O)(=O)Nc2c(C)cc(C)cc2C)cc1. The Morgan fingerprint density at radius 2 is 1.58 bits per heavy atom. The van der Waals surface area contributed by atoms with Gasteiger partial charge < -0.3 is 4.74 Å². The van der Waals surface area contributed by atoms with E-state index in [0.717, 1.165) is 16.7 Å². The molecule has 0 bridgehead atoms. The zero-order valence-electron chi connectivity index (χ0n) is 14.2. The Labute approximate surface area is 142 Å². The first kappa shape index (κ1) is 18.0. The Bertz CT molecular complexity index is 832. The fourth-order valence-electron chi connectivity index (χ4n) is 2.61. The highest BCUT2D eigenvalue weighted by molar-refractivity contribution is 7.91. The van der Waals surface area contributed by atoms with E-state index < -0.39 is 16.0 Å². The third-order valence-corrected chi connectivity index (χ3v) is 4.89. The molecule has 6 heteroatoms. The smallest absolute Gasteiger partial charge is 0.337 e. The molecule has 0 unspecified atom stereocenters. The lowest BCUT2D eigenvalue weighted by Crippen LogP contribution is -2.17. The summed E-state index contributed by atoms with van der Waals surface area (Å²) in [4.78, 5) is 11.4. The van der Waals surface area contributed by atoms with Crippen LogP contribution in [0, 0.1) is 20.8 Å². The summed E-state index contributed by atoms with van der Waals surface area (Å²) in [5.74, 6) is -0.616. The molecule has 0 aliphatic heterocycles. The lowest BCUT2D eigenvalue weighted by atomic mass is 10.1. The second-order valence-corrected chi connectivity index (χ2v) is 7.55. The largest absolute Gasteiger partial charge is 0.465 e. The van der Waals surface area contributed by atoms with Gasteiger partial charge in [0.25, 0.3) is 0 Å². The van der Waals surface area contributed by atoms with Crippen LogP contribution in [0.4, 0.5) is 5.69 Å². The Kier molecular flexibility index (Phi) is 5.29. The van der Waals surface area contributed by atoms with Crippen molar-refractivity contribution < 1.29 is 17.9 Å². The molecule has 2 aromatic carbocycles. The molecule has 128 valence electrons. The van der Waals surface area contributed by atoms with Gasteiger partial charge in [-0.15, -0.1) is 0 Å². The number of carbonyl (C=O) groups excluding carboxylic acids is 1. The molecule has 0 radical (unpaired) electrons. The first-order valence-corrected chi connectivity index (χ1v) is 9.12. The maximum atomic E-state index is 12.4. The van der Waals surface area contributed by atoms with Gasteiger partial charge in [0.05, 0.1) is 24.1 Å². The fourth-order valence-corrected chi connectivity index (χ4v) is 3.94. The van der Waals surface area contributed by atoms with E-state index in [0.29, 0.717) is 16.8 Å². The summed E-state index contributed by atoms with van der Waals surface area (Å²) in [7, 11) is -2.25. The highest BCUT2D eigenvalue weighted by Crippen LogP contribution is 2.24. The van der Waals surface area contributed by atoms with Gasteiger partial charge in [0.1, 0.15) is 0 Å². The Morgan fingerprint density at radius 1 is 1.04 bits per heavy atom. The molecule has 2 rings (SSSR count). The Morgan fingerprint density at radius 3 is 2.08 bits per heavy atom. The van der Waals surface area contributed by atoms with Crippen LogP contribution < -0.4 is 4.72 Å². The molecule has 0 aliphatic carbocycles. The molecular formula is C18H21NO4S. The summed E-state index contributed by atoms with van der Waals surface area (Å²) in [6, 6.07) is 10.2. The summed E-state index contributed by atoms with van der Waals surface area (Å²) >= 11 is 0. The minimum absolute atomic E-state index is 0.165. The van der Waals surface area contributed by atoms with E-state index in [-0.39, 0.29) is 5.75 Å². The number of nitrogens with one attached hydrogen (secondary N) is 1. The van der Waals surface area contributed by atoms with Crippen molar-refractivity contribution in [3.63, 3.8) is 0 Å². The monoisotopic (exact) mass is 347 g/mol. The molecule has 0 saturated heterocycles. The quantitative estimate of drug-likeness (QED) is 0.842. The zero-order valence-corrected chi connectivity index (χ0v) is 15.0. The van der Waals surface area contributed by atoms with Gasteiger partial charge in [-0.2, -0.15) is 0 Å². The number of hydrogen-bond acceptors (Lipinski definition) is 4. The number of carbonyl (C=O) groups is 1. The van der Waals surface area contributed by atoms with Crippen molar-refractivity contribution in [3.05, 3.63) is 64.2 Å². The third-order valence-electron chi connectivity index (χ3n) is 3.67. The van der Waals surface area contributed by atoms with E-state index in [9.17, 15) is 13.2 Å². The second-order valence-electron chi connectivity index (χ2n) is 5.82. The number of benzene rings is 2. The number of esters is 1. The Balaban J connectivity index is 2.19. The summed E-state index contributed by atoms with van der Waals surface area (Å²) in [6.45, 7) is 5.73. The number of ether oxygens (including phenoxy) is 1. The predicted molar refractivity (Wildman–Crippen MR) is 94.7 cm³/mol. The first-order valence-electron chi connectivity index (χ1n) is 7.47. The lowest BCUT2D eigenvalue weighted by molar-refractivity contribution is 0.0600. The maximum absolute atomic E-state index is 12.4. The standard InChI is InChI=1S/C18H21NO4S/c1-12-9-13(2)17(14(3)10-12)19-24(21,22)11-15-5-7-16(8-6-15)18(20)23-4/h5-10,19H,11H2,1-4H3. The molecule has 0 saturated carbocycles. The van der Waals surface area contributed by atoms with Gasteiger partial charge in [-0.25, -0.2) is 13.2 Å². The van der Waals surface area contributed by atoms with E-state index in [1.54, 1.807) is 24.3 Å². The van der Waals surface area contributed by atoms with Crippen molar-refractivity contribution >= 4 is 21.7 Å². The minimum atomic E-state index is -3.55. The molecule has 0 heterocycles. The summed E-state index contributed by atoms with van der Waals surface area (Å²) in [6.07, 6.45) is 0.